The van der Waals surface area contributed by atoms with Crippen molar-refractivity contribution in [1.29, 1.82) is 0 Å². The first-order chi connectivity index (χ1) is 7.66. The van der Waals surface area contributed by atoms with Crippen LogP contribution in [0.25, 0.3) is 0 Å². The molecule has 0 aliphatic rings. The number of rotatable bonds is 3. The number of aryl methyl sites for hydroxylation is 1. The molecule has 4 heteroatoms. The number of furan rings is 1. The molecular formula is C12H11Br2NO. The maximum atomic E-state index is 5.49. The Morgan fingerprint density at radius 2 is 1.81 bits per heavy atom. The van der Waals surface area contributed by atoms with E-state index in [1.54, 1.807) is 0 Å². The average Bonchev–Trinajstić information content (AvgIpc) is 2.63. The lowest BCUT2D eigenvalue weighted by molar-refractivity contribution is 0.490. The highest BCUT2D eigenvalue weighted by molar-refractivity contribution is 9.11. The summed E-state index contributed by atoms with van der Waals surface area (Å²) in [5, 5.41) is 3.32. The third-order valence-corrected chi connectivity index (χ3v) is 3.52. The monoisotopic (exact) mass is 343 g/mol. The normalized spacial score (nSPS) is 10.4. The molecule has 2 rings (SSSR count). The third-order valence-electron chi connectivity index (χ3n) is 2.20. The summed E-state index contributed by atoms with van der Waals surface area (Å²) in [5.74, 6) is 1.86. The first kappa shape index (κ1) is 11.7. The van der Waals surface area contributed by atoms with Gasteiger partial charge in [-0.1, -0.05) is 6.07 Å². The Kier molecular flexibility index (Phi) is 3.71. The maximum absolute atomic E-state index is 5.49. The third kappa shape index (κ3) is 2.68. The van der Waals surface area contributed by atoms with Crippen LogP contribution in [0.3, 0.4) is 0 Å². The summed E-state index contributed by atoms with van der Waals surface area (Å²) in [6.07, 6.45) is 0. The van der Waals surface area contributed by atoms with Gasteiger partial charge in [0.2, 0.25) is 0 Å². The van der Waals surface area contributed by atoms with E-state index in [0.717, 1.165) is 26.2 Å². The molecule has 0 saturated carbocycles. The van der Waals surface area contributed by atoms with Gasteiger partial charge in [-0.25, -0.2) is 0 Å². The quantitative estimate of drug-likeness (QED) is 0.871. The van der Waals surface area contributed by atoms with Crippen LogP contribution in [0.15, 0.2) is 43.7 Å². The second-order valence-corrected chi connectivity index (χ2v) is 5.17. The Balaban J connectivity index is 2.10. The molecule has 0 aliphatic carbocycles. The number of halogens is 2. The van der Waals surface area contributed by atoms with E-state index < -0.39 is 0 Å². The molecular weight excluding hydrogens is 334 g/mol. The fourth-order valence-electron chi connectivity index (χ4n) is 1.42. The van der Waals surface area contributed by atoms with Gasteiger partial charge in [-0.15, -0.1) is 0 Å². The Bertz CT molecular complexity index is 473. The summed E-state index contributed by atoms with van der Waals surface area (Å²) in [6, 6.07) is 9.93. The highest BCUT2D eigenvalue weighted by Crippen LogP contribution is 2.30. The zero-order valence-corrected chi connectivity index (χ0v) is 11.9. The second-order valence-electron chi connectivity index (χ2n) is 3.46. The van der Waals surface area contributed by atoms with E-state index >= 15 is 0 Å². The molecule has 0 bridgehead atoms. The van der Waals surface area contributed by atoms with Crippen LogP contribution >= 0.6 is 31.9 Å². The minimum Gasteiger partial charge on any atom is -0.465 e. The largest absolute Gasteiger partial charge is 0.465 e. The number of benzene rings is 1. The molecule has 2 aromatic rings. The van der Waals surface area contributed by atoms with Crippen LogP contribution in [0.4, 0.5) is 5.69 Å². The second kappa shape index (κ2) is 5.06. The lowest BCUT2D eigenvalue weighted by Gasteiger charge is -2.09. The minimum atomic E-state index is 0.676. The Hall–Kier alpha value is -0.740. The molecule has 0 spiro atoms. The van der Waals surface area contributed by atoms with Crippen LogP contribution in [-0.2, 0) is 6.54 Å². The summed E-state index contributed by atoms with van der Waals surface area (Å²) in [6.45, 7) is 2.62. The van der Waals surface area contributed by atoms with E-state index in [1.165, 1.54) is 0 Å². The molecule has 0 atom stereocenters. The number of para-hydroxylation sites is 1. The van der Waals surface area contributed by atoms with Gasteiger partial charge >= 0.3 is 0 Å². The van der Waals surface area contributed by atoms with Crippen molar-refractivity contribution < 1.29 is 4.42 Å². The first-order valence-corrected chi connectivity index (χ1v) is 6.48. The first-order valence-electron chi connectivity index (χ1n) is 4.90. The van der Waals surface area contributed by atoms with Crippen molar-refractivity contribution in [2.24, 2.45) is 0 Å². The van der Waals surface area contributed by atoms with E-state index in [1.807, 2.05) is 37.3 Å². The Morgan fingerprint density at radius 3 is 2.38 bits per heavy atom. The van der Waals surface area contributed by atoms with Gasteiger partial charge in [-0.2, -0.15) is 0 Å². The zero-order valence-electron chi connectivity index (χ0n) is 8.76. The van der Waals surface area contributed by atoms with Gasteiger partial charge in [-0.3, -0.25) is 0 Å². The van der Waals surface area contributed by atoms with Crippen molar-refractivity contribution in [3.8, 4) is 0 Å². The molecule has 16 heavy (non-hydrogen) atoms. The van der Waals surface area contributed by atoms with E-state index in [0.29, 0.717) is 6.54 Å². The van der Waals surface area contributed by atoms with Crippen LogP contribution in [0.1, 0.15) is 11.5 Å². The molecule has 0 fully saturated rings. The van der Waals surface area contributed by atoms with Gasteiger partial charge in [0.25, 0.3) is 0 Å². The fourth-order valence-corrected chi connectivity index (χ4v) is 2.70. The topological polar surface area (TPSA) is 25.2 Å². The number of anilines is 1. The number of hydrogen-bond donors (Lipinski definition) is 1. The van der Waals surface area contributed by atoms with Crippen LogP contribution in [0.2, 0.25) is 0 Å². The van der Waals surface area contributed by atoms with Gasteiger partial charge in [0, 0.05) is 8.95 Å². The number of nitrogens with one attached hydrogen (secondary N) is 1. The molecule has 84 valence electrons. The van der Waals surface area contributed by atoms with Crippen LogP contribution in [-0.4, -0.2) is 0 Å². The standard InChI is InChI=1S/C12H11Br2NO/c1-8-5-6-9(16-8)7-15-12-10(13)3-2-4-11(12)14/h2-6,15H,7H2,1H3. The fraction of sp³-hybridized carbons (Fsp3) is 0.167. The molecule has 0 unspecified atom stereocenters. The van der Waals surface area contributed by atoms with E-state index in [9.17, 15) is 0 Å². The van der Waals surface area contributed by atoms with Crippen LogP contribution < -0.4 is 5.32 Å². The predicted molar refractivity (Wildman–Crippen MR) is 72.6 cm³/mol. The minimum absolute atomic E-state index is 0.676. The van der Waals surface area contributed by atoms with E-state index in [-0.39, 0.29) is 0 Å². The smallest absolute Gasteiger partial charge is 0.123 e. The van der Waals surface area contributed by atoms with Crippen molar-refractivity contribution in [1.82, 2.24) is 0 Å². The highest BCUT2D eigenvalue weighted by atomic mass is 79.9. The van der Waals surface area contributed by atoms with Gasteiger partial charge < -0.3 is 9.73 Å². The van der Waals surface area contributed by atoms with Crippen molar-refractivity contribution >= 4 is 37.5 Å². The molecule has 0 aliphatic heterocycles. The van der Waals surface area contributed by atoms with Crippen LogP contribution in [0.5, 0.6) is 0 Å². The molecule has 1 N–H and O–H groups in total. The Labute approximate surface area is 111 Å². The molecule has 0 amide bonds. The van der Waals surface area contributed by atoms with Gasteiger partial charge in [0.15, 0.2) is 0 Å². The summed E-state index contributed by atoms with van der Waals surface area (Å²) < 4.78 is 7.56. The molecule has 1 heterocycles. The van der Waals surface area contributed by atoms with Crippen molar-refractivity contribution in [3.05, 3.63) is 50.8 Å². The Morgan fingerprint density at radius 1 is 1.12 bits per heavy atom. The van der Waals surface area contributed by atoms with Gasteiger partial charge in [-0.05, 0) is 63.0 Å². The van der Waals surface area contributed by atoms with E-state index in [4.69, 9.17) is 4.42 Å². The van der Waals surface area contributed by atoms with Crippen molar-refractivity contribution in [2.75, 3.05) is 5.32 Å². The van der Waals surface area contributed by atoms with Gasteiger partial charge in [0.1, 0.15) is 11.5 Å². The molecule has 1 aromatic heterocycles. The lowest BCUT2D eigenvalue weighted by atomic mass is 10.3. The molecule has 1 aromatic carbocycles. The average molecular weight is 345 g/mol. The van der Waals surface area contributed by atoms with Gasteiger partial charge in [0.05, 0.1) is 12.2 Å². The van der Waals surface area contributed by atoms with Crippen molar-refractivity contribution in [2.45, 2.75) is 13.5 Å². The summed E-state index contributed by atoms with van der Waals surface area (Å²) in [4.78, 5) is 0. The maximum Gasteiger partial charge on any atom is 0.123 e. The zero-order chi connectivity index (χ0) is 11.5. The molecule has 2 nitrogen and oxygen atoms in total. The lowest BCUT2D eigenvalue weighted by Crippen LogP contribution is -1.99. The van der Waals surface area contributed by atoms with Crippen LogP contribution in [0, 0.1) is 6.92 Å². The predicted octanol–water partition coefficient (Wildman–Crippen LogP) is 4.73. The molecule has 0 saturated heterocycles. The van der Waals surface area contributed by atoms with Crippen molar-refractivity contribution in [3.63, 3.8) is 0 Å². The summed E-state index contributed by atoms with van der Waals surface area (Å²) in [5.41, 5.74) is 1.04. The highest BCUT2D eigenvalue weighted by Gasteiger charge is 2.05. The molecule has 0 radical (unpaired) electrons. The SMILES string of the molecule is Cc1ccc(CNc2c(Br)cccc2Br)o1. The summed E-state index contributed by atoms with van der Waals surface area (Å²) >= 11 is 7.01. The summed E-state index contributed by atoms with van der Waals surface area (Å²) in [7, 11) is 0. The number of hydrogen-bond acceptors (Lipinski definition) is 2. The van der Waals surface area contributed by atoms with E-state index in [2.05, 4.69) is 37.2 Å².